The van der Waals surface area contributed by atoms with Gasteiger partial charge >= 0.3 is 5.97 Å². The summed E-state index contributed by atoms with van der Waals surface area (Å²) in [6.07, 6.45) is 0.865. The standard InChI is InChI=1S/C18H14N2O6/c1-2-5-15(21)26-12-7-3-6-11(10-12)19-17(22)13-8-4-9-14(20(24)25)16(13)18(19)23/h3-4,6-10H,2,5H2,1H3. The van der Waals surface area contributed by atoms with Crippen molar-refractivity contribution in [1.29, 1.82) is 0 Å². The predicted molar refractivity (Wildman–Crippen MR) is 91.2 cm³/mol. The number of carbonyl (C=O) groups excluding carboxylic acids is 3. The van der Waals surface area contributed by atoms with Crippen LogP contribution in [0, 0.1) is 10.1 Å². The van der Waals surface area contributed by atoms with E-state index in [1.54, 1.807) is 0 Å². The molecule has 8 nitrogen and oxygen atoms in total. The van der Waals surface area contributed by atoms with Crippen LogP contribution in [0.15, 0.2) is 42.5 Å². The summed E-state index contributed by atoms with van der Waals surface area (Å²) in [6.45, 7) is 1.84. The number of esters is 1. The molecule has 3 rings (SSSR count). The van der Waals surface area contributed by atoms with Gasteiger partial charge in [-0.1, -0.05) is 19.1 Å². The average molecular weight is 354 g/mol. The first kappa shape index (κ1) is 17.3. The summed E-state index contributed by atoms with van der Waals surface area (Å²) in [5.41, 5.74) is -0.519. The molecule has 26 heavy (non-hydrogen) atoms. The van der Waals surface area contributed by atoms with Crippen LogP contribution in [-0.2, 0) is 4.79 Å². The number of benzene rings is 2. The number of nitrogens with zero attached hydrogens (tertiary/aromatic N) is 2. The molecule has 0 aromatic heterocycles. The molecule has 0 N–H and O–H groups in total. The second kappa shape index (κ2) is 6.75. The molecule has 1 aliphatic heterocycles. The lowest BCUT2D eigenvalue weighted by atomic mass is 10.1. The predicted octanol–water partition coefficient (Wildman–Crippen LogP) is 3.10. The molecule has 0 radical (unpaired) electrons. The van der Waals surface area contributed by atoms with E-state index in [-0.39, 0.29) is 29.0 Å². The van der Waals surface area contributed by atoms with Crippen LogP contribution in [0.25, 0.3) is 0 Å². The zero-order chi connectivity index (χ0) is 18.8. The molecule has 0 fully saturated rings. The molecule has 0 saturated carbocycles. The normalized spacial score (nSPS) is 12.9. The van der Waals surface area contributed by atoms with Gasteiger partial charge in [-0.2, -0.15) is 0 Å². The minimum Gasteiger partial charge on any atom is -0.426 e. The highest BCUT2D eigenvalue weighted by Crippen LogP contribution is 2.34. The molecular weight excluding hydrogens is 340 g/mol. The summed E-state index contributed by atoms with van der Waals surface area (Å²) < 4.78 is 5.17. The van der Waals surface area contributed by atoms with Crippen LogP contribution in [0.1, 0.15) is 40.5 Å². The molecule has 132 valence electrons. The van der Waals surface area contributed by atoms with Crippen LogP contribution in [0.2, 0.25) is 0 Å². The maximum absolute atomic E-state index is 12.7. The second-order valence-corrected chi connectivity index (χ2v) is 5.62. The lowest BCUT2D eigenvalue weighted by Crippen LogP contribution is -2.29. The van der Waals surface area contributed by atoms with Crippen LogP contribution >= 0.6 is 0 Å². The van der Waals surface area contributed by atoms with E-state index in [2.05, 4.69) is 0 Å². The zero-order valence-electron chi connectivity index (χ0n) is 13.8. The van der Waals surface area contributed by atoms with Gasteiger partial charge in [-0.3, -0.25) is 24.5 Å². The van der Waals surface area contributed by atoms with Crippen LogP contribution < -0.4 is 9.64 Å². The van der Waals surface area contributed by atoms with Crippen molar-refractivity contribution in [2.24, 2.45) is 0 Å². The average Bonchev–Trinajstić information content (AvgIpc) is 2.86. The summed E-state index contributed by atoms with van der Waals surface area (Å²) in [7, 11) is 0. The Bertz CT molecular complexity index is 937. The molecule has 0 unspecified atom stereocenters. The lowest BCUT2D eigenvalue weighted by Gasteiger charge is -2.14. The van der Waals surface area contributed by atoms with Crippen LogP contribution in [0.4, 0.5) is 11.4 Å². The minimum absolute atomic E-state index is 0.0300. The van der Waals surface area contributed by atoms with E-state index in [0.717, 1.165) is 4.90 Å². The zero-order valence-corrected chi connectivity index (χ0v) is 13.8. The first-order valence-electron chi connectivity index (χ1n) is 7.91. The highest BCUT2D eigenvalue weighted by Gasteiger charge is 2.41. The van der Waals surface area contributed by atoms with E-state index >= 15 is 0 Å². The summed E-state index contributed by atoms with van der Waals surface area (Å²) in [4.78, 5) is 48.2. The number of hydrogen-bond acceptors (Lipinski definition) is 6. The Labute approximate surface area is 148 Å². The topological polar surface area (TPSA) is 107 Å². The van der Waals surface area contributed by atoms with E-state index in [1.165, 1.54) is 42.5 Å². The number of fused-ring (bicyclic) bond motifs is 1. The van der Waals surface area contributed by atoms with Crippen molar-refractivity contribution < 1.29 is 24.0 Å². The van der Waals surface area contributed by atoms with Crippen molar-refractivity contribution in [3.8, 4) is 5.75 Å². The van der Waals surface area contributed by atoms with Crippen LogP contribution in [-0.4, -0.2) is 22.7 Å². The van der Waals surface area contributed by atoms with Gasteiger partial charge in [0, 0.05) is 18.6 Å². The third-order valence-electron chi connectivity index (χ3n) is 3.85. The molecule has 2 aromatic carbocycles. The maximum Gasteiger partial charge on any atom is 0.311 e. The van der Waals surface area contributed by atoms with E-state index in [4.69, 9.17) is 4.74 Å². The molecule has 0 atom stereocenters. The van der Waals surface area contributed by atoms with Gasteiger partial charge in [0.25, 0.3) is 17.5 Å². The van der Waals surface area contributed by atoms with E-state index < -0.39 is 28.4 Å². The van der Waals surface area contributed by atoms with Crippen LogP contribution in [0.5, 0.6) is 5.75 Å². The quantitative estimate of drug-likeness (QED) is 0.268. The fraction of sp³-hybridized carbons (Fsp3) is 0.167. The van der Waals surface area contributed by atoms with Gasteiger partial charge in [0.2, 0.25) is 0 Å². The van der Waals surface area contributed by atoms with Crippen molar-refractivity contribution in [1.82, 2.24) is 0 Å². The number of ether oxygens (including phenoxy) is 1. The van der Waals surface area contributed by atoms with Crippen molar-refractivity contribution in [3.63, 3.8) is 0 Å². The molecule has 2 aromatic rings. The molecule has 0 bridgehead atoms. The molecule has 0 spiro atoms. The highest BCUT2D eigenvalue weighted by atomic mass is 16.6. The summed E-state index contributed by atoms with van der Waals surface area (Å²) in [6, 6.07) is 9.82. The van der Waals surface area contributed by atoms with E-state index in [0.29, 0.717) is 6.42 Å². The van der Waals surface area contributed by atoms with Gasteiger partial charge in [-0.25, -0.2) is 4.90 Å². The SMILES string of the molecule is CCCC(=O)Oc1cccc(N2C(=O)c3cccc([N+](=O)[O-])c3C2=O)c1. The molecule has 1 aliphatic rings. The lowest BCUT2D eigenvalue weighted by molar-refractivity contribution is -0.385. The molecule has 8 heteroatoms. The van der Waals surface area contributed by atoms with Crippen molar-refractivity contribution in [3.05, 3.63) is 63.7 Å². The number of hydrogen-bond donors (Lipinski definition) is 0. The van der Waals surface area contributed by atoms with Gasteiger partial charge in [0.05, 0.1) is 16.2 Å². The Morgan fingerprint density at radius 3 is 2.58 bits per heavy atom. The minimum atomic E-state index is -0.783. The number of carbonyl (C=O) groups is 3. The van der Waals surface area contributed by atoms with Crippen molar-refractivity contribution >= 4 is 29.2 Å². The van der Waals surface area contributed by atoms with Gasteiger partial charge in [-0.15, -0.1) is 0 Å². The number of amides is 2. The fourth-order valence-corrected chi connectivity index (χ4v) is 2.73. The molecule has 1 heterocycles. The number of nitro benzene ring substituents is 1. The monoisotopic (exact) mass is 354 g/mol. The van der Waals surface area contributed by atoms with Gasteiger partial charge in [-0.05, 0) is 24.6 Å². The second-order valence-electron chi connectivity index (χ2n) is 5.62. The smallest absolute Gasteiger partial charge is 0.311 e. The van der Waals surface area contributed by atoms with E-state index in [9.17, 15) is 24.5 Å². The number of imide groups is 1. The number of rotatable bonds is 5. The first-order chi connectivity index (χ1) is 12.4. The fourth-order valence-electron chi connectivity index (χ4n) is 2.73. The Balaban J connectivity index is 1.97. The molecule has 0 aliphatic carbocycles. The van der Waals surface area contributed by atoms with Crippen LogP contribution in [0.3, 0.4) is 0 Å². The molecular formula is C18H14N2O6. The Morgan fingerprint density at radius 2 is 1.88 bits per heavy atom. The summed E-state index contributed by atoms with van der Waals surface area (Å²) in [5, 5.41) is 11.2. The van der Waals surface area contributed by atoms with Crippen molar-refractivity contribution in [2.75, 3.05) is 4.90 Å². The molecule has 0 saturated heterocycles. The largest absolute Gasteiger partial charge is 0.426 e. The van der Waals surface area contributed by atoms with Gasteiger partial charge in [0.1, 0.15) is 11.3 Å². The summed E-state index contributed by atoms with van der Waals surface area (Å²) in [5.74, 6) is -1.69. The van der Waals surface area contributed by atoms with Crippen molar-refractivity contribution in [2.45, 2.75) is 19.8 Å². The van der Waals surface area contributed by atoms with E-state index in [1.807, 2.05) is 6.92 Å². The number of nitro groups is 1. The Kier molecular flexibility index (Phi) is 4.49. The number of anilines is 1. The Hall–Kier alpha value is -3.55. The first-order valence-corrected chi connectivity index (χ1v) is 7.91. The summed E-state index contributed by atoms with van der Waals surface area (Å²) >= 11 is 0. The Morgan fingerprint density at radius 1 is 1.15 bits per heavy atom. The van der Waals surface area contributed by atoms with Gasteiger partial charge < -0.3 is 4.74 Å². The van der Waals surface area contributed by atoms with Gasteiger partial charge in [0.15, 0.2) is 0 Å². The highest BCUT2D eigenvalue weighted by molar-refractivity contribution is 6.35. The molecule has 2 amide bonds. The third kappa shape index (κ3) is 2.92. The maximum atomic E-state index is 12.7. The third-order valence-corrected chi connectivity index (χ3v) is 3.85.